The molecular weight excluding hydrogens is 449 g/mol. The molecule has 0 amide bonds. The van der Waals surface area contributed by atoms with E-state index >= 15 is 0 Å². The Hall–Kier alpha value is -1.59. The lowest BCUT2D eigenvalue weighted by Gasteiger charge is -2.18. The molecule has 3 rings (SSSR count). The molecule has 0 aliphatic rings. The van der Waals surface area contributed by atoms with E-state index in [0.717, 1.165) is 15.6 Å². The number of hydrogen-bond acceptors (Lipinski definition) is 3. The van der Waals surface area contributed by atoms with Crippen LogP contribution in [0.2, 0.25) is 32.7 Å². The van der Waals surface area contributed by atoms with Crippen LogP contribution < -0.4 is 20.7 Å². The van der Waals surface area contributed by atoms with Crippen molar-refractivity contribution in [3.63, 3.8) is 0 Å². The predicted octanol–water partition coefficient (Wildman–Crippen LogP) is 1.05. The van der Waals surface area contributed by atoms with Crippen LogP contribution in [0.3, 0.4) is 0 Å². The Morgan fingerprint density at radius 1 is 0.581 bits per heavy atom. The van der Waals surface area contributed by atoms with E-state index in [4.69, 9.17) is 4.80 Å². The molecule has 170 valence electrons. The minimum atomic E-state index is -2.18. The van der Waals surface area contributed by atoms with Gasteiger partial charge in [0.2, 0.25) is 16.6 Å². The largest absolute Gasteiger partial charge is 0.433 e. The summed E-state index contributed by atoms with van der Waals surface area (Å²) in [5, 5.41) is 4.68. The summed E-state index contributed by atoms with van der Waals surface area (Å²) in [6.45, 7) is 9.87. The number of hydrogen-bond donors (Lipinski definition) is 3. The molecule has 0 unspecified atom stereocenters. The smallest absolute Gasteiger partial charge is 0.213 e. The molecule has 0 atom stereocenters. The fraction of sp³-hybridized carbons (Fsp3) is 0.250. The summed E-state index contributed by atoms with van der Waals surface area (Å²) < 4.78 is 0. The van der Waals surface area contributed by atoms with Crippen molar-refractivity contribution < 1.29 is 14.4 Å². The Morgan fingerprint density at radius 3 is 1.10 bits per heavy atom. The van der Waals surface area contributed by atoms with Gasteiger partial charge in [-0.1, -0.05) is 104 Å². The van der Waals surface area contributed by atoms with Crippen LogP contribution in [0.15, 0.2) is 84.9 Å². The Bertz CT molecular complexity index is 756. The molecule has 3 nitrogen and oxygen atoms in total. The second-order valence-electron chi connectivity index (χ2n) is 8.18. The van der Waals surface area contributed by atoms with Gasteiger partial charge >= 0.3 is 0 Å². The van der Waals surface area contributed by atoms with E-state index in [-0.39, 0.29) is 16.9 Å². The first-order chi connectivity index (χ1) is 14.1. The van der Waals surface area contributed by atoms with Gasteiger partial charge in [-0.15, -0.1) is 0 Å². The number of benzene rings is 3. The molecule has 31 heavy (non-hydrogen) atoms. The van der Waals surface area contributed by atoms with E-state index in [1.54, 1.807) is 5.19 Å². The fourth-order valence-electron chi connectivity index (χ4n) is 2.58. The maximum atomic E-state index is 9.87. The van der Waals surface area contributed by atoms with Crippen molar-refractivity contribution >= 4 is 56.7 Å². The summed E-state index contributed by atoms with van der Waals surface area (Å²) in [6, 6.07) is 28.2. The van der Waals surface area contributed by atoms with Crippen molar-refractivity contribution in [3.05, 3.63) is 84.9 Å². The monoisotopic (exact) mass is 488 g/mol. The van der Waals surface area contributed by atoms with Gasteiger partial charge in [0, 0.05) is 0 Å². The normalized spacial score (nSPS) is 11.4. The highest BCUT2D eigenvalue weighted by molar-refractivity contribution is 6.84. The van der Waals surface area contributed by atoms with Gasteiger partial charge < -0.3 is 14.4 Å². The maximum absolute atomic E-state index is 9.87. The van der Waals surface area contributed by atoms with Crippen molar-refractivity contribution in [3.8, 4) is 0 Å². The van der Waals surface area contributed by atoms with Gasteiger partial charge in [0.1, 0.15) is 0 Å². The molecule has 0 fully saturated rings. The van der Waals surface area contributed by atoms with Crippen LogP contribution in [0.1, 0.15) is 7.43 Å². The zero-order valence-corrected chi connectivity index (χ0v) is 23.7. The van der Waals surface area contributed by atoms with E-state index in [9.17, 15) is 9.59 Å². The molecule has 3 aromatic carbocycles. The van der Waals surface area contributed by atoms with E-state index in [1.807, 2.05) is 80.8 Å². The molecule has 0 aliphatic carbocycles. The Balaban J connectivity index is 0.000000456. The van der Waals surface area contributed by atoms with Gasteiger partial charge in [0.05, 0.1) is 9.52 Å². The molecule has 7 heteroatoms. The van der Waals surface area contributed by atoms with Crippen molar-refractivity contribution in [2.45, 2.75) is 40.2 Å². The van der Waals surface area contributed by atoms with Crippen molar-refractivity contribution in [2.24, 2.45) is 0 Å². The third-order valence-corrected chi connectivity index (χ3v) is 10.2. The highest BCUT2D eigenvalue weighted by Crippen LogP contribution is 2.00. The van der Waals surface area contributed by atoms with Crippen LogP contribution >= 0.6 is 0 Å². The highest BCUT2D eigenvalue weighted by atomic mass is 28.4. The minimum Gasteiger partial charge on any atom is -0.433 e. The highest BCUT2D eigenvalue weighted by Gasteiger charge is 2.23. The quantitative estimate of drug-likeness (QED) is 0.481. The van der Waals surface area contributed by atoms with Crippen molar-refractivity contribution in [1.82, 2.24) is 0 Å². The lowest BCUT2D eigenvalue weighted by atomic mass is 10.4. The third-order valence-electron chi connectivity index (χ3n) is 4.57. The van der Waals surface area contributed by atoms with Crippen LogP contribution in [-0.2, 0) is 0 Å². The summed E-state index contributed by atoms with van der Waals surface area (Å²) in [5.41, 5.74) is 0. The van der Waals surface area contributed by atoms with Gasteiger partial charge in [-0.3, -0.25) is 0 Å². The van der Waals surface area contributed by atoms with Crippen LogP contribution in [0, 0.1) is 0 Å². The van der Waals surface area contributed by atoms with Crippen LogP contribution in [0.25, 0.3) is 0 Å². The first-order valence-electron chi connectivity index (χ1n) is 10.3. The third kappa shape index (κ3) is 12.1. The molecular formula is C24H40O3Si4. The molecule has 0 radical (unpaired) electrons. The Labute approximate surface area is 195 Å². The van der Waals surface area contributed by atoms with Gasteiger partial charge in [-0.2, -0.15) is 0 Å². The summed E-state index contributed by atoms with van der Waals surface area (Å²) >= 11 is 0. The molecule has 3 aromatic rings. The topological polar surface area (TPSA) is 60.7 Å². The first kappa shape index (κ1) is 29.4. The summed E-state index contributed by atoms with van der Waals surface area (Å²) in [7, 11) is -5.18. The second-order valence-corrected chi connectivity index (χ2v) is 18.2. The average molecular weight is 489 g/mol. The molecule has 0 aromatic heterocycles. The zero-order valence-electron chi connectivity index (χ0n) is 18.8. The lowest BCUT2D eigenvalue weighted by molar-refractivity contribution is 0.566. The first-order valence-corrected chi connectivity index (χ1v) is 19.7. The van der Waals surface area contributed by atoms with E-state index in [0.29, 0.717) is 0 Å². The van der Waals surface area contributed by atoms with E-state index in [2.05, 4.69) is 36.9 Å². The predicted molar refractivity (Wildman–Crippen MR) is 149 cm³/mol. The van der Waals surface area contributed by atoms with Crippen molar-refractivity contribution in [1.29, 1.82) is 0 Å². The Morgan fingerprint density at radius 2 is 0.903 bits per heavy atom. The average Bonchev–Trinajstić information content (AvgIpc) is 2.75. The maximum Gasteiger partial charge on any atom is 0.213 e. The molecule has 0 bridgehead atoms. The molecule has 0 spiro atoms. The van der Waals surface area contributed by atoms with E-state index in [1.165, 1.54) is 0 Å². The van der Waals surface area contributed by atoms with E-state index < -0.39 is 26.4 Å². The summed E-state index contributed by atoms with van der Waals surface area (Å²) in [6.07, 6.45) is 0. The summed E-state index contributed by atoms with van der Waals surface area (Å²) in [5.74, 6) is 0. The van der Waals surface area contributed by atoms with Gasteiger partial charge in [0.15, 0.2) is 9.76 Å². The molecule has 0 saturated carbocycles. The number of rotatable bonds is 4. The van der Waals surface area contributed by atoms with Crippen molar-refractivity contribution in [2.75, 3.05) is 0 Å². The standard InChI is InChI=1S/C10H18O2Si2.C7H10Si.C6H8OSi.CH4/c1-13(2,11)9-5-7-10(8-6-9)14(3,4)12;1-8-7-5-3-2-4-6-7;7-8-6-4-2-1-3-5-6;/h5-8,11-12H,1-4H3;2-6H,8H2,1H3;1-5,7H,8H2;1H4. The summed E-state index contributed by atoms with van der Waals surface area (Å²) in [4.78, 5) is 28.4. The van der Waals surface area contributed by atoms with Gasteiger partial charge in [-0.25, -0.2) is 0 Å². The second kappa shape index (κ2) is 14.5. The fourth-order valence-corrected chi connectivity index (χ4v) is 5.77. The Kier molecular flexibility index (Phi) is 13.7. The molecule has 0 aliphatic heterocycles. The van der Waals surface area contributed by atoms with Gasteiger partial charge in [0.25, 0.3) is 0 Å². The molecule has 0 heterocycles. The molecule has 0 saturated heterocycles. The van der Waals surface area contributed by atoms with Crippen LogP contribution in [-0.4, -0.2) is 50.3 Å². The SMILES string of the molecule is C.C[SiH2]c1ccccc1.C[Si](C)(O)c1ccc([Si](C)(C)O)cc1.O[SiH2]c1ccccc1. The van der Waals surface area contributed by atoms with Crippen LogP contribution in [0.4, 0.5) is 0 Å². The minimum absolute atomic E-state index is 0. The van der Waals surface area contributed by atoms with Gasteiger partial charge in [-0.05, 0) is 41.7 Å². The zero-order chi connectivity index (χ0) is 22.6. The molecule has 3 N–H and O–H groups in total. The van der Waals surface area contributed by atoms with Crippen LogP contribution in [0.5, 0.6) is 0 Å². The lowest BCUT2D eigenvalue weighted by Crippen LogP contribution is -2.45.